The van der Waals surface area contributed by atoms with Crippen molar-refractivity contribution in [3.8, 4) is 0 Å². The van der Waals surface area contributed by atoms with Crippen molar-refractivity contribution in [3.05, 3.63) is 23.2 Å². The Morgan fingerprint density at radius 1 is 1.47 bits per heavy atom. The van der Waals surface area contributed by atoms with Gasteiger partial charge in [-0.05, 0) is 44.6 Å². The Hall–Kier alpha value is -0.820. The number of hydrogen-bond donors (Lipinski definition) is 2. The number of anilines is 1. The van der Waals surface area contributed by atoms with Crippen LogP contribution in [0.25, 0.3) is 0 Å². The highest BCUT2D eigenvalue weighted by atomic mass is 35.5. The number of benzene rings is 1. The van der Waals surface area contributed by atoms with Crippen LogP contribution in [0, 0.1) is 0 Å². The van der Waals surface area contributed by atoms with Gasteiger partial charge in [0.25, 0.3) is 0 Å². The van der Waals surface area contributed by atoms with Crippen molar-refractivity contribution in [1.29, 1.82) is 0 Å². The van der Waals surface area contributed by atoms with Gasteiger partial charge >= 0.3 is 0 Å². The quantitative estimate of drug-likeness (QED) is 0.825. The van der Waals surface area contributed by atoms with E-state index in [1.807, 2.05) is 7.05 Å². The second kappa shape index (κ2) is 5.66. The average Bonchev–Trinajstić information content (AvgIpc) is 2.31. The number of halogens is 1. The number of rotatable bonds is 3. The standard InChI is InChI=1S/C12H18ClN3O2S/c1-16-6-2-3-10(8-16)15-19(17,18)12-7-9(13)4-5-11(12)14/h4-5,7,10,15H,2-3,6,8,14H2,1H3. The van der Waals surface area contributed by atoms with Crippen molar-refractivity contribution in [2.45, 2.75) is 23.8 Å². The predicted octanol–water partition coefficient (Wildman–Crippen LogP) is 1.29. The molecular weight excluding hydrogens is 286 g/mol. The Labute approximate surface area is 118 Å². The van der Waals surface area contributed by atoms with Gasteiger partial charge in [0.15, 0.2) is 0 Å². The highest BCUT2D eigenvalue weighted by molar-refractivity contribution is 7.89. The summed E-state index contributed by atoms with van der Waals surface area (Å²) in [6.07, 6.45) is 1.82. The molecule has 0 saturated carbocycles. The van der Waals surface area contributed by atoms with Crippen molar-refractivity contribution in [1.82, 2.24) is 9.62 Å². The van der Waals surface area contributed by atoms with Crippen LogP contribution < -0.4 is 10.5 Å². The molecule has 0 spiro atoms. The molecule has 1 atom stereocenters. The first-order valence-electron chi connectivity index (χ1n) is 6.14. The van der Waals surface area contributed by atoms with E-state index in [0.717, 1.165) is 19.4 Å². The molecule has 1 saturated heterocycles. The second-order valence-electron chi connectivity index (χ2n) is 4.90. The summed E-state index contributed by atoms with van der Waals surface area (Å²) in [5.74, 6) is 0. The van der Waals surface area contributed by atoms with Gasteiger partial charge in [0.1, 0.15) is 4.90 Å². The van der Waals surface area contributed by atoms with Gasteiger partial charge in [-0.15, -0.1) is 0 Å². The molecule has 106 valence electrons. The highest BCUT2D eigenvalue weighted by Gasteiger charge is 2.25. The van der Waals surface area contributed by atoms with Gasteiger partial charge in [0, 0.05) is 17.6 Å². The maximum atomic E-state index is 12.3. The lowest BCUT2D eigenvalue weighted by molar-refractivity contribution is 0.242. The molecule has 1 aromatic carbocycles. The van der Waals surface area contributed by atoms with Crippen LogP contribution in [0.4, 0.5) is 5.69 Å². The van der Waals surface area contributed by atoms with E-state index in [1.165, 1.54) is 12.1 Å². The summed E-state index contributed by atoms with van der Waals surface area (Å²) in [4.78, 5) is 2.16. The lowest BCUT2D eigenvalue weighted by atomic mass is 10.1. The second-order valence-corrected chi connectivity index (χ2v) is 7.02. The minimum absolute atomic E-state index is 0.0493. The fraction of sp³-hybridized carbons (Fsp3) is 0.500. The number of nitrogens with two attached hydrogens (primary N) is 1. The van der Waals surface area contributed by atoms with Crippen LogP contribution in [0.2, 0.25) is 5.02 Å². The Balaban J connectivity index is 2.20. The summed E-state index contributed by atoms with van der Waals surface area (Å²) in [6.45, 7) is 1.71. The van der Waals surface area contributed by atoms with E-state index in [0.29, 0.717) is 11.6 Å². The van der Waals surface area contributed by atoms with Crippen LogP contribution in [0.15, 0.2) is 23.1 Å². The normalized spacial score (nSPS) is 21.5. The molecule has 0 bridgehead atoms. The van der Waals surface area contributed by atoms with Gasteiger partial charge in [-0.3, -0.25) is 0 Å². The van der Waals surface area contributed by atoms with Crippen LogP contribution in [0.3, 0.4) is 0 Å². The maximum Gasteiger partial charge on any atom is 0.242 e. The minimum Gasteiger partial charge on any atom is -0.398 e. The predicted molar refractivity (Wildman–Crippen MR) is 76.7 cm³/mol. The summed E-state index contributed by atoms with van der Waals surface area (Å²) in [6, 6.07) is 4.38. The van der Waals surface area contributed by atoms with Crippen molar-refractivity contribution < 1.29 is 8.42 Å². The van der Waals surface area contributed by atoms with E-state index in [4.69, 9.17) is 17.3 Å². The topological polar surface area (TPSA) is 75.4 Å². The number of hydrogen-bond acceptors (Lipinski definition) is 4. The number of likely N-dealkylation sites (tertiary alicyclic amines) is 1. The van der Waals surface area contributed by atoms with Gasteiger partial charge in [0.2, 0.25) is 10.0 Å². The van der Waals surface area contributed by atoms with Crippen molar-refractivity contribution in [2.24, 2.45) is 0 Å². The number of sulfonamides is 1. The molecule has 7 heteroatoms. The van der Waals surface area contributed by atoms with Crippen LogP contribution in [-0.4, -0.2) is 39.5 Å². The fourth-order valence-corrected chi connectivity index (χ4v) is 3.94. The van der Waals surface area contributed by atoms with Crippen molar-refractivity contribution in [3.63, 3.8) is 0 Å². The smallest absolute Gasteiger partial charge is 0.242 e. The third kappa shape index (κ3) is 3.60. The molecule has 1 aliphatic heterocycles. The number of likely N-dealkylation sites (N-methyl/N-ethyl adjacent to an activating group) is 1. The Bertz CT molecular complexity index is 562. The number of nitrogen functional groups attached to an aromatic ring is 1. The van der Waals surface area contributed by atoms with Gasteiger partial charge in [-0.1, -0.05) is 11.6 Å². The van der Waals surface area contributed by atoms with E-state index < -0.39 is 10.0 Å². The molecule has 1 aromatic rings. The first kappa shape index (κ1) is 14.6. The van der Waals surface area contributed by atoms with Crippen LogP contribution in [0.1, 0.15) is 12.8 Å². The molecule has 1 aliphatic rings. The number of nitrogens with one attached hydrogen (secondary N) is 1. The van der Waals surface area contributed by atoms with Crippen LogP contribution >= 0.6 is 11.6 Å². The molecule has 0 aromatic heterocycles. The van der Waals surface area contributed by atoms with Crippen LogP contribution in [-0.2, 0) is 10.0 Å². The fourth-order valence-electron chi connectivity index (χ4n) is 2.29. The third-order valence-corrected chi connectivity index (χ3v) is 5.02. The SMILES string of the molecule is CN1CCCC(NS(=O)(=O)c2cc(Cl)ccc2N)C1. The minimum atomic E-state index is -3.62. The van der Waals surface area contributed by atoms with Crippen molar-refractivity contribution >= 4 is 27.3 Å². The van der Waals surface area contributed by atoms with E-state index in [1.54, 1.807) is 6.07 Å². The van der Waals surface area contributed by atoms with Gasteiger partial charge in [-0.2, -0.15) is 0 Å². The van der Waals surface area contributed by atoms with Crippen molar-refractivity contribution in [2.75, 3.05) is 25.9 Å². The Kier molecular flexibility index (Phi) is 4.35. The monoisotopic (exact) mass is 303 g/mol. The summed E-state index contributed by atoms with van der Waals surface area (Å²) in [5, 5.41) is 0.357. The molecule has 0 aliphatic carbocycles. The summed E-state index contributed by atoms with van der Waals surface area (Å²) >= 11 is 5.83. The summed E-state index contributed by atoms with van der Waals surface area (Å²) in [5.41, 5.74) is 5.93. The van der Waals surface area contributed by atoms with E-state index >= 15 is 0 Å². The van der Waals surface area contributed by atoms with Gasteiger partial charge in [0.05, 0.1) is 5.69 Å². The molecule has 1 heterocycles. The Morgan fingerprint density at radius 3 is 2.89 bits per heavy atom. The molecule has 1 unspecified atom stereocenters. The summed E-state index contributed by atoms with van der Waals surface area (Å²) in [7, 11) is -1.64. The molecule has 19 heavy (non-hydrogen) atoms. The van der Waals surface area contributed by atoms with Gasteiger partial charge < -0.3 is 10.6 Å². The molecule has 3 N–H and O–H groups in total. The molecule has 2 rings (SSSR count). The largest absolute Gasteiger partial charge is 0.398 e. The first-order chi connectivity index (χ1) is 8.88. The molecular formula is C12H18ClN3O2S. The first-order valence-corrected chi connectivity index (χ1v) is 8.00. The van der Waals surface area contributed by atoms with Gasteiger partial charge in [-0.25, -0.2) is 13.1 Å². The zero-order chi connectivity index (χ0) is 14.0. The molecule has 0 radical (unpaired) electrons. The molecule has 0 amide bonds. The highest BCUT2D eigenvalue weighted by Crippen LogP contribution is 2.23. The molecule has 5 nitrogen and oxygen atoms in total. The van der Waals surface area contributed by atoms with Crippen LogP contribution in [0.5, 0.6) is 0 Å². The average molecular weight is 304 g/mol. The lowest BCUT2D eigenvalue weighted by Crippen LogP contribution is -2.46. The van der Waals surface area contributed by atoms with E-state index in [9.17, 15) is 8.42 Å². The Morgan fingerprint density at radius 2 is 2.21 bits per heavy atom. The van der Waals surface area contributed by atoms with E-state index in [-0.39, 0.29) is 16.6 Å². The summed E-state index contributed by atoms with van der Waals surface area (Å²) < 4.78 is 27.3. The third-order valence-electron chi connectivity index (χ3n) is 3.21. The van der Waals surface area contributed by atoms with E-state index in [2.05, 4.69) is 9.62 Å². The lowest BCUT2D eigenvalue weighted by Gasteiger charge is -2.30. The zero-order valence-electron chi connectivity index (χ0n) is 10.8. The number of nitrogens with zero attached hydrogens (tertiary/aromatic N) is 1. The zero-order valence-corrected chi connectivity index (χ0v) is 12.3. The number of piperidine rings is 1. The molecule has 1 fully saturated rings. The maximum absolute atomic E-state index is 12.3.